The van der Waals surface area contributed by atoms with Gasteiger partial charge in [0.15, 0.2) is 0 Å². The fourth-order valence-electron chi connectivity index (χ4n) is 1.38. The molecule has 2 atom stereocenters. The number of aryl methyl sites for hydroxylation is 1. The molecule has 0 fully saturated rings. The molecule has 0 aliphatic carbocycles. The van der Waals surface area contributed by atoms with Crippen LogP contribution in [-0.4, -0.2) is 36.8 Å². The highest BCUT2D eigenvalue weighted by Gasteiger charge is 2.11. The van der Waals surface area contributed by atoms with Crippen molar-refractivity contribution in [2.75, 3.05) is 26.5 Å². The van der Waals surface area contributed by atoms with E-state index >= 15 is 0 Å². The van der Waals surface area contributed by atoms with Crippen molar-refractivity contribution in [1.29, 1.82) is 0 Å². The summed E-state index contributed by atoms with van der Waals surface area (Å²) >= 11 is 0. The van der Waals surface area contributed by atoms with Crippen LogP contribution in [-0.2, 0) is 15.5 Å². The zero-order chi connectivity index (χ0) is 12.0. The normalized spacial score (nSPS) is 14.7. The summed E-state index contributed by atoms with van der Waals surface area (Å²) in [7, 11) is 2.54. The molecule has 0 amide bonds. The lowest BCUT2D eigenvalue weighted by Crippen LogP contribution is -2.35. The Morgan fingerprint density at radius 2 is 2.00 bits per heavy atom. The summed E-state index contributed by atoms with van der Waals surface area (Å²) in [5.74, 6) is 0.577. The number of ether oxygens (including phenoxy) is 1. The van der Waals surface area contributed by atoms with Gasteiger partial charge in [-0.3, -0.25) is 4.21 Å². The third-order valence-electron chi connectivity index (χ3n) is 2.41. The van der Waals surface area contributed by atoms with Crippen LogP contribution in [0.1, 0.15) is 5.56 Å². The molecule has 0 saturated heterocycles. The fourth-order valence-corrected chi connectivity index (χ4v) is 2.65. The molecule has 0 aromatic heterocycles. The predicted octanol–water partition coefficient (Wildman–Crippen LogP) is 1.34. The van der Waals surface area contributed by atoms with Gasteiger partial charge in [0.2, 0.25) is 0 Å². The van der Waals surface area contributed by atoms with Crippen LogP contribution in [0.15, 0.2) is 29.2 Å². The van der Waals surface area contributed by atoms with Crippen LogP contribution < -0.4 is 5.32 Å². The number of likely N-dealkylation sites (N-methyl/N-ethyl adjacent to an activating group) is 1. The molecule has 2 unspecified atom stereocenters. The number of benzene rings is 1. The molecule has 1 N–H and O–H groups in total. The molecular weight excluding hydrogens is 222 g/mol. The number of hydrogen-bond acceptors (Lipinski definition) is 3. The molecule has 0 bridgehead atoms. The Balaban J connectivity index is 2.60. The van der Waals surface area contributed by atoms with Crippen LogP contribution >= 0.6 is 0 Å². The molecule has 3 nitrogen and oxygen atoms in total. The molecule has 16 heavy (non-hydrogen) atoms. The van der Waals surface area contributed by atoms with Gasteiger partial charge in [0.05, 0.1) is 17.4 Å². The maximum absolute atomic E-state index is 12.0. The van der Waals surface area contributed by atoms with E-state index in [-0.39, 0.29) is 6.04 Å². The molecule has 0 heterocycles. The first-order chi connectivity index (χ1) is 7.67. The summed E-state index contributed by atoms with van der Waals surface area (Å²) in [6.07, 6.45) is 0. The Labute approximate surface area is 99.7 Å². The van der Waals surface area contributed by atoms with Gasteiger partial charge in [0.25, 0.3) is 0 Å². The Morgan fingerprint density at radius 3 is 2.50 bits per heavy atom. The number of nitrogens with one attached hydrogen (secondary N) is 1. The first-order valence-corrected chi connectivity index (χ1v) is 6.60. The van der Waals surface area contributed by atoms with Crippen molar-refractivity contribution in [2.24, 2.45) is 0 Å². The van der Waals surface area contributed by atoms with E-state index < -0.39 is 10.8 Å². The minimum Gasteiger partial charge on any atom is -0.383 e. The van der Waals surface area contributed by atoms with Crippen molar-refractivity contribution in [3.05, 3.63) is 29.8 Å². The molecule has 1 aromatic carbocycles. The Hall–Kier alpha value is -0.710. The highest BCUT2D eigenvalue weighted by molar-refractivity contribution is 7.85. The van der Waals surface area contributed by atoms with Gasteiger partial charge in [-0.1, -0.05) is 17.7 Å². The van der Waals surface area contributed by atoms with Crippen molar-refractivity contribution >= 4 is 10.8 Å². The van der Waals surface area contributed by atoms with E-state index in [0.29, 0.717) is 12.4 Å². The van der Waals surface area contributed by atoms with Crippen LogP contribution in [0.2, 0.25) is 0 Å². The second kappa shape index (κ2) is 6.78. The second-order valence-corrected chi connectivity index (χ2v) is 5.26. The second-order valence-electron chi connectivity index (χ2n) is 3.77. The average molecular weight is 241 g/mol. The molecule has 0 aliphatic heterocycles. The minimum atomic E-state index is -0.966. The average Bonchev–Trinajstić information content (AvgIpc) is 2.29. The van der Waals surface area contributed by atoms with Crippen molar-refractivity contribution < 1.29 is 8.95 Å². The van der Waals surface area contributed by atoms with Gasteiger partial charge in [0.1, 0.15) is 0 Å². The highest BCUT2D eigenvalue weighted by atomic mass is 32.2. The lowest BCUT2D eigenvalue weighted by molar-refractivity contribution is 0.176. The highest BCUT2D eigenvalue weighted by Crippen LogP contribution is 2.09. The van der Waals surface area contributed by atoms with Crippen LogP contribution in [0, 0.1) is 6.92 Å². The van der Waals surface area contributed by atoms with E-state index in [9.17, 15) is 4.21 Å². The molecule has 90 valence electrons. The lowest BCUT2D eigenvalue weighted by atomic mass is 10.2. The molecule has 4 heteroatoms. The van der Waals surface area contributed by atoms with Crippen LogP contribution in [0.3, 0.4) is 0 Å². The Morgan fingerprint density at radius 1 is 1.38 bits per heavy atom. The number of hydrogen-bond donors (Lipinski definition) is 1. The Bertz CT molecular complexity index is 337. The lowest BCUT2D eigenvalue weighted by Gasteiger charge is -2.14. The summed E-state index contributed by atoms with van der Waals surface area (Å²) in [6, 6.07) is 7.94. The van der Waals surface area contributed by atoms with Crippen molar-refractivity contribution in [2.45, 2.75) is 17.9 Å². The third kappa shape index (κ3) is 4.04. The Kier molecular flexibility index (Phi) is 5.66. The molecule has 0 spiro atoms. The van der Waals surface area contributed by atoms with Gasteiger partial charge in [0, 0.05) is 23.8 Å². The van der Waals surface area contributed by atoms with E-state index in [1.165, 1.54) is 5.56 Å². The fraction of sp³-hybridized carbons (Fsp3) is 0.500. The van der Waals surface area contributed by atoms with Crippen LogP contribution in [0.5, 0.6) is 0 Å². The monoisotopic (exact) mass is 241 g/mol. The standard InChI is InChI=1S/C12H19NO2S/c1-10-4-6-12(7-5-10)16(14)9-11(13-2)8-15-3/h4-7,11,13H,8-9H2,1-3H3. The summed E-state index contributed by atoms with van der Waals surface area (Å²) in [4.78, 5) is 0.877. The summed E-state index contributed by atoms with van der Waals surface area (Å²) in [5.41, 5.74) is 1.18. The summed E-state index contributed by atoms with van der Waals surface area (Å²) in [6.45, 7) is 2.60. The first-order valence-electron chi connectivity index (χ1n) is 5.28. The number of rotatable bonds is 6. The van der Waals surface area contributed by atoms with Gasteiger partial charge in [-0.05, 0) is 26.1 Å². The van der Waals surface area contributed by atoms with Crippen molar-refractivity contribution in [3.63, 3.8) is 0 Å². The van der Waals surface area contributed by atoms with Gasteiger partial charge in [-0.15, -0.1) is 0 Å². The van der Waals surface area contributed by atoms with Crippen molar-refractivity contribution in [1.82, 2.24) is 5.32 Å². The van der Waals surface area contributed by atoms with E-state index in [2.05, 4.69) is 5.32 Å². The topological polar surface area (TPSA) is 38.3 Å². The van der Waals surface area contributed by atoms with E-state index in [0.717, 1.165) is 4.90 Å². The molecule has 0 saturated carbocycles. The number of methoxy groups -OCH3 is 1. The van der Waals surface area contributed by atoms with E-state index in [1.54, 1.807) is 7.11 Å². The SMILES string of the molecule is CNC(COC)CS(=O)c1ccc(C)cc1. The minimum absolute atomic E-state index is 0.132. The quantitative estimate of drug-likeness (QED) is 0.817. The van der Waals surface area contributed by atoms with Gasteiger partial charge >= 0.3 is 0 Å². The molecular formula is C12H19NO2S. The summed E-state index contributed by atoms with van der Waals surface area (Å²) < 4.78 is 17.1. The molecule has 0 aliphatic rings. The van der Waals surface area contributed by atoms with Crippen LogP contribution in [0.25, 0.3) is 0 Å². The largest absolute Gasteiger partial charge is 0.383 e. The molecule has 0 radical (unpaired) electrons. The maximum Gasteiger partial charge on any atom is 0.0624 e. The molecule has 1 aromatic rings. The predicted molar refractivity (Wildman–Crippen MR) is 67.2 cm³/mol. The molecule has 1 rings (SSSR count). The zero-order valence-corrected chi connectivity index (χ0v) is 10.8. The van der Waals surface area contributed by atoms with Crippen molar-refractivity contribution in [3.8, 4) is 0 Å². The zero-order valence-electron chi connectivity index (χ0n) is 10.0. The van der Waals surface area contributed by atoms with Crippen LogP contribution in [0.4, 0.5) is 0 Å². The van der Waals surface area contributed by atoms with Gasteiger partial charge in [-0.2, -0.15) is 0 Å². The smallest absolute Gasteiger partial charge is 0.0624 e. The first kappa shape index (κ1) is 13.4. The maximum atomic E-state index is 12.0. The third-order valence-corrected chi connectivity index (χ3v) is 3.92. The van der Waals surface area contributed by atoms with Gasteiger partial charge in [-0.25, -0.2) is 0 Å². The van der Waals surface area contributed by atoms with Gasteiger partial charge < -0.3 is 10.1 Å². The van der Waals surface area contributed by atoms with E-state index in [1.807, 2.05) is 38.2 Å². The summed E-state index contributed by atoms with van der Waals surface area (Å²) in [5, 5.41) is 3.10. The van der Waals surface area contributed by atoms with E-state index in [4.69, 9.17) is 4.74 Å².